The summed E-state index contributed by atoms with van der Waals surface area (Å²) in [5, 5.41) is 0. The van der Waals surface area contributed by atoms with Gasteiger partial charge in [0.2, 0.25) is 0 Å². The second-order valence-electron chi connectivity index (χ2n) is 4.14. The van der Waals surface area contributed by atoms with Crippen molar-refractivity contribution in [3.05, 3.63) is 59.9 Å². The molecular weight excluding hydrogens is 288 g/mol. The van der Waals surface area contributed by atoms with Gasteiger partial charge in [0.05, 0.1) is 0 Å². The van der Waals surface area contributed by atoms with E-state index >= 15 is 0 Å². The van der Waals surface area contributed by atoms with Crippen LogP contribution in [0.2, 0.25) is 0 Å². The van der Waals surface area contributed by atoms with Gasteiger partial charge in [0.25, 0.3) is 0 Å². The van der Waals surface area contributed by atoms with E-state index in [0.717, 1.165) is 11.8 Å². The lowest BCUT2D eigenvalue weighted by Crippen LogP contribution is -2.23. The summed E-state index contributed by atoms with van der Waals surface area (Å²) in [6.45, 7) is 0.0284. The van der Waals surface area contributed by atoms with E-state index in [9.17, 15) is 17.6 Å². The number of nitrogens with one attached hydrogen (secondary N) is 2. The van der Waals surface area contributed by atoms with Gasteiger partial charge in [-0.25, -0.2) is 9.82 Å². The van der Waals surface area contributed by atoms with Gasteiger partial charge in [-0.3, -0.25) is 0 Å². The van der Waals surface area contributed by atoms with Gasteiger partial charge in [-0.15, -0.1) is 13.2 Å². The normalized spacial score (nSPS) is 11.2. The fourth-order valence-corrected chi connectivity index (χ4v) is 1.66. The molecule has 2 N–H and O–H groups in total. The molecule has 0 unspecified atom stereocenters. The van der Waals surface area contributed by atoms with Crippen molar-refractivity contribution in [3.63, 3.8) is 0 Å². The number of rotatable bonds is 5. The van der Waals surface area contributed by atoms with Crippen LogP contribution in [0.15, 0.2) is 48.5 Å². The molecule has 7 heteroatoms. The van der Waals surface area contributed by atoms with Crippen LogP contribution < -0.4 is 15.6 Å². The number of hydrogen-bond acceptors (Lipinski definition) is 3. The highest BCUT2D eigenvalue weighted by molar-refractivity contribution is 5.41. The zero-order valence-corrected chi connectivity index (χ0v) is 10.7. The number of halogens is 4. The molecule has 0 radical (unpaired) electrons. The summed E-state index contributed by atoms with van der Waals surface area (Å²) >= 11 is 0. The van der Waals surface area contributed by atoms with E-state index in [1.54, 1.807) is 24.3 Å². The average molecular weight is 300 g/mol. The minimum atomic E-state index is -4.87. The standard InChI is InChI=1S/C14H12F4N2O/c15-11-7-6-10(13(8-11)21-14(16,17)18)9-19-20-12-4-2-1-3-5-12/h1-8,19-20H,9H2. The molecule has 0 aliphatic carbocycles. The number of ether oxygens (including phenoxy) is 1. The van der Waals surface area contributed by atoms with Crippen LogP contribution in [0.3, 0.4) is 0 Å². The molecule has 21 heavy (non-hydrogen) atoms. The number of hydrazine groups is 1. The van der Waals surface area contributed by atoms with Gasteiger partial charge in [-0.1, -0.05) is 24.3 Å². The lowest BCUT2D eigenvalue weighted by molar-refractivity contribution is -0.275. The summed E-state index contributed by atoms with van der Waals surface area (Å²) in [6.07, 6.45) is -4.87. The molecule has 0 bridgehead atoms. The molecule has 0 saturated heterocycles. The van der Waals surface area contributed by atoms with Crippen molar-refractivity contribution in [2.75, 3.05) is 5.43 Å². The van der Waals surface area contributed by atoms with Crippen LogP contribution in [0, 0.1) is 5.82 Å². The van der Waals surface area contributed by atoms with Crippen molar-refractivity contribution in [2.24, 2.45) is 0 Å². The summed E-state index contributed by atoms with van der Waals surface area (Å²) in [6, 6.07) is 12.0. The summed E-state index contributed by atoms with van der Waals surface area (Å²) in [5.41, 5.74) is 6.49. The first-order valence-electron chi connectivity index (χ1n) is 6.02. The second kappa shape index (κ2) is 6.45. The summed E-state index contributed by atoms with van der Waals surface area (Å²) in [5.74, 6) is -1.36. The predicted molar refractivity (Wildman–Crippen MR) is 70.0 cm³/mol. The van der Waals surface area contributed by atoms with Crippen LogP contribution in [0.5, 0.6) is 5.75 Å². The van der Waals surface area contributed by atoms with Crippen molar-refractivity contribution in [1.82, 2.24) is 5.43 Å². The maximum atomic E-state index is 13.0. The molecule has 0 amide bonds. The van der Waals surface area contributed by atoms with E-state index in [0.29, 0.717) is 6.07 Å². The van der Waals surface area contributed by atoms with Crippen LogP contribution in [-0.4, -0.2) is 6.36 Å². The highest BCUT2D eigenvalue weighted by atomic mass is 19.4. The van der Waals surface area contributed by atoms with Gasteiger partial charge < -0.3 is 10.2 Å². The first-order valence-corrected chi connectivity index (χ1v) is 6.02. The molecule has 0 aliphatic heterocycles. The Labute approximate surface area is 118 Å². The molecule has 0 saturated carbocycles. The monoisotopic (exact) mass is 300 g/mol. The summed E-state index contributed by atoms with van der Waals surface area (Å²) < 4.78 is 53.6. The molecule has 0 fully saturated rings. The summed E-state index contributed by atoms with van der Waals surface area (Å²) in [7, 11) is 0. The first kappa shape index (κ1) is 15.1. The Balaban J connectivity index is 2.02. The van der Waals surface area contributed by atoms with Crippen LogP contribution in [0.1, 0.15) is 5.56 Å². The van der Waals surface area contributed by atoms with Gasteiger partial charge in [-0.2, -0.15) is 0 Å². The number of hydrogen-bond donors (Lipinski definition) is 2. The third-order valence-electron chi connectivity index (χ3n) is 2.54. The minimum absolute atomic E-state index is 0.0284. The molecule has 2 aromatic rings. The Kier molecular flexibility index (Phi) is 4.64. The second-order valence-corrected chi connectivity index (χ2v) is 4.14. The van der Waals surface area contributed by atoms with Crippen LogP contribution in [0.25, 0.3) is 0 Å². The van der Waals surface area contributed by atoms with Crippen LogP contribution >= 0.6 is 0 Å². The van der Waals surface area contributed by atoms with Gasteiger partial charge >= 0.3 is 6.36 Å². The van der Waals surface area contributed by atoms with Gasteiger partial charge in [0.15, 0.2) is 0 Å². The third-order valence-corrected chi connectivity index (χ3v) is 2.54. The van der Waals surface area contributed by atoms with E-state index in [1.807, 2.05) is 6.07 Å². The van der Waals surface area contributed by atoms with Gasteiger partial charge in [0.1, 0.15) is 11.6 Å². The van der Waals surface area contributed by atoms with Crippen LogP contribution in [0.4, 0.5) is 23.2 Å². The smallest absolute Gasteiger partial charge is 0.405 e. The Morgan fingerprint density at radius 2 is 1.71 bits per heavy atom. The molecular formula is C14H12F4N2O. The van der Waals surface area contributed by atoms with E-state index in [1.165, 1.54) is 6.07 Å². The molecule has 0 atom stereocenters. The highest BCUT2D eigenvalue weighted by Crippen LogP contribution is 2.27. The van der Waals surface area contributed by atoms with Crippen molar-refractivity contribution in [3.8, 4) is 5.75 Å². The van der Waals surface area contributed by atoms with Crippen molar-refractivity contribution in [2.45, 2.75) is 12.9 Å². The number of benzene rings is 2. The molecule has 2 aromatic carbocycles. The topological polar surface area (TPSA) is 33.3 Å². The molecule has 0 aromatic heterocycles. The Morgan fingerprint density at radius 3 is 2.38 bits per heavy atom. The molecule has 2 rings (SSSR count). The SMILES string of the molecule is Fc1ccc(CNNc2ccccc2)c(OC(F)(F)F)c1. The number of alkyl halides is 3. The van der Waals surface area contributed by atoms with Gasteiger partial charge in [0, 0.05) is 23.9 Å². The highest BCUT2D eigenvalue weighted by Gasteiger charge is 2.32. The lowest BCUT2D eigenvalue weighted by atomic mass is 10.2. The Hall–Kier alpha value is -2.28. The van der Waals surface area contributed by atoms with Crippen molar-refractivity contribution >= 4 is 5.69 Å². The predicted octanol–water partition coefficient (Wildman–Crippen LogP) is 3.84. The van der Waals surface area contributed by atoms with E-state index in [2.05, 4.69) is 15.6 Å². The van der Waals surface area contributed by atoms with E-state index in [4.69, 9.17) is 0 Å². The molecule has 3 nitrogen and oxygen atoms in total. The Bertz CT molecular complexity index is 587. The molecule has 112 valence electrons. The Morgan fingerprint density at radius 1 is 1.00 bits per heavy atom. The summed E-state index contributed by atoms with van der Waals surface area (Å²) in [4.78, 5) is 0. The zero-order chi connectivity index (χ0) is 15.3. The van der Waals surface area contributed by atoms with Crippen molar-refractivity contribution < 1.29 is 22.3 Å². The van der Waals surface area contributed by atoms with Crippen molar-refractivity contribution in [1.29, 1.82) is 0 Å². The van der Waals surface area contributed by atoms with E-state index in [-0.39, 0.29) is 12.1 Å². The average Bonchev–Trinajstić information content (AvgIpc) is 2.41. The third kappa shape index (κ3) is 4.96. The fourth-order valence-electron chi connectivity index (χ4n) is 1.66. The number of para-hydroxylation sites is 1. The minimum Gasteiger partial charge on any atom is -0.405 e. The maximum Gasteiger partial charge on any atom is 0.573 e. The fraction of sp³-hybridized carbons (Fsp3) is 0.143. The maximum absolute atomic E-state index is 13.0. The molecule has 0 heterocycles. The molecule has 0 spiro atoms. The molecule has 0 aliphatic rings. The lowest BCUT2D eigenvalue weighted by Gasteiger charge is -2.14. The zero-order valence-electron chi connectivity index (χ0n) is 10.7. The van der Waals surface area contributed by atoms with Gasteiger partial charge in [-0.05, 0) is 18.2 Å². The number of anilines is 1. The van der Waals surface area contributed by atoms with E-state index < -0.39 is 17.9 Å². The first-order chi connectivity index (χ1) is 9.94. The quantitative estimate of drug-likeness (QED) is 0.650. The largest absolute Gasteiger partial charge is 0.573 e. The van der Waals surface area contributed by atoms with Crippen LogP contribution in [-0.2, 0) is 6.54 Å².